The average Bonchev–Trinajstić information content (AvgIpc) is 3.24. The van der Waals surface area contributed by atoms with Crippen molar-refractivity contribution in [3.05, 3.63) is 80.7 Å². The number of hydrogen-bond acceptors (Lipinski definition) is 4. The van der Waals surface area contributed by atoms with Crippen molar-refractivity contribution in [1.29, 1.82) is 5.26 Å². The van der Waals surface area contributed by atoms with Crippen LogP contribution in [0.15, 0.2) is 53.9 Å². The van der Waals surface area contributed by atoms with Crippen molar-refractivity contribution in [2.75, 3.05) is 0 Å². The molecule has 1 atom stereocenters. The lowest BCUT2D eigenvalue weighted by Gasteiger charge is -2.24. The Kier molecular flexibility index (Phi) is 5.58. The molecular formula is C25H22Cl2N4O. The summed E-state index contributed by atoms with van der Waals surface area (Å²) < 4.78 is 5.70. The molecule has 2 aromatic carbocycles. The van der Waals surface area contributed by atoms with E-state index in [4.69, 9.17) is 33.7 Å². The quantitative estimate of drug-likeness (QED) is 0.453. The molecule has 3 N–H and O–H groups in total. The third-order valence-corrected chi connectivity index (χ3v) is 7.23. The Morgan fingerprint density at radius 1 is 1.00 bits per heavy atom. The smallest absolute Gasteiger partial charge is 0.244 e. The second-order valence-corrected chi connectivity index (χ2v) is 9.19. The normalized spacial score (nSPS) is 18.7. The zero-order valence-corrected chi connectivity index (χ0v) is 18.9. The first-order valence-electron chi connectivity index (χ1n) is 10.8. The number of H-pyrrole nitrogens is 1. The number of hydrogen-bond donors (Lipinski definition) is 2. The van der Waals surface area contributed by atoms with Crippen LogP contribution in [0.3, 0.4) is 0 Å². The maximum absolute atomic E-state index is 9.86. The Morgan fingerprint density at radius 3 is 2.41 bits per heavy atom. The van der Waals surface area contributed by atoms with Gasteiger partial charge in [-0.1, -0.05) is 72.8 Å². The summed E-state index contributed by atoms with van der Waals surface area (Å²) in [5.41, 5.74) is 11.1. The summed E-state index contributed by atoms with van der Waals surface area (Å²) in [6.45, 7) is 0. The van der Waals surface area contributed by atoms with E-state index in [1.807, 2.05) is 6.07 Å². The van der Waals surface area contributed by atoms with Crippen molar-refractivity contribution in [2.24, 2.45) is 5.73 Å². The molecule has 3 aromatic rings. The fraction of sp³-hybridized carbons (Fsp3) is 0.280. The van der Waals surface area contributed by atoms with Crippen LogP contribution in [-0.4, -0.2) is 10.2 Å². The highest BCUT2D eigenvalue weighted by molar-refractivity contribution is 6.42. The fourth-order valence-corrected chi connectivity index (χ4v) is 5.15. The molecule has 7 heteroatoms. The van der Waals surface area contributed by atoms with Crippen LogP contribution >= 0.6 is 23.2 Å². The van der Waals surface area contributed by atoms with Crippen LogP contribution in [0.2, 0.25) is 10.0 Å². The number of nitrogens with zero attached hydrogens (tertiary/aromatic N) is 2. The first kappa shape index (κ1) is 20.9. The van der Waals surface area contributed by atoms with Gasteiger partial charge in [0.15, 0.2) is 0 Å². The molecule has 2 heterocycles. The number of nitrogens with one attached hydrogen (secondary N) is 1. The van der Waals surface area contributed by atoms with E-state index in [0.717, 1.165) is 22.4 Å². The second kappa shape index (κ2) is 8.54. The fourth-order valence-electron chi connectivity index (χ4n) is 4.85. The summed E-state index contributed by atoms with van der Waals surface area (Å²) in [5.74, 6) is 0.574. The number of benzene rings is 2. The van der Waals surface area contributed by atoms with Crippen LogP contribution in [0.1, 0.15) is 60.6 Å². The number of aromatic nitrogens is 2. The zero-order valence-electron chi connectivity index (χ0n) is 17.4. The maximum Gasteiger partial charge on any atom is 0.244 e. The van der Waals surface area contributed by atoms with Gasteiger partial charge < -0.3 is 10.5 Å². The summed E-state index contributed by atoms with van der Waals surface area (Å²) >= 11 is 12.4. The Bertz CT molecular complexity index is 1230. The molecule has 1 fully saturated rings. The van der Waals surface area contributed by atoms with Crippen LogP contribution in [0, 0.1) is 11.3 Å². The summed E-state index contributed by atoms with van der Waals surface area (Å²) in [6.07, 6.45) is 6.44. The lowest BCUT2D eigenvalue weighted by Crippen LogP contribution is -2.21. The van der Waals surface area contributed by atoms with Gasteiger partial charge in [0.2, 0.25) is 11.8 Å². The number of halogens is 2. The highest BCUT2D eigenvalue weighted by atomic mass is 35.5. The van der Waals surface area contributed by atoms with Gasteiger partial charge in [-0.25, -0.2) is 0 Å². The van der Waals surface area contributed by atoms with Crippen molar-refractivity contribution < 1.29 is 4.74 Å². The highest BCUT2D eigenvalue weighted by Crippen LogP contribution is 2.46. The summed E-state index contributed by atoms with van der Waals surface area (Å²) in [5, 5.41) is 18.2. The van der Waals surface area contributed by atoms with Crippen LogP contribution in [-0.2, 0) is 0 Å². The van der Waals surface area contributed by atoms with E-state index in [1.165, 1.54) is 37.7 Å². The van der Waals surface area contributed by atoms with E-state index < -0.39 is 5.92 Å². The van der Waals surface area contributed by atoms with Gasteiger partial charge in [0, 0.05) is 5.56 Å². The zero-order chi connectivity index (χ0) is 22.2. The van der Waals surface area contributed by atoms with Crippen molar-refractivity contribution in [3.8, 4) is 23.2 Å². The van der Waals surface area contributed by atoms with E-state index in [2.05, 4.69) is 40.5 Å². The molecule has 5 rings (SSSR count). The second-order valence-electron chi connectivity index (χ2n) is 8.37. The largest absolute Gasteiger partial charge is 0.420 e. The van der Waals surface area contributed by atoms with Gasteiger partial charge in [-0.2, -0.15) is 5.26 Å². The predicted octanol–water partition coefficient (Wildman–Crippen LogP) is 6.65. The molecule has 32 heavy (non-hydrogen) atoms. The van der Waals surface area contributed by atoms with Gasteiger partial charge in [-0.05, 0) is 42.0 Å². The minimum Gasteiger partial charge on any atom is -0.420 e. The number of allylic oxidation sites excluding steroid dienone is 1. The third-order valence-electron chi connectivity index (χ3n) is 6.49. The Hall–Kier alpha value is -2.94. The predicted molar refractivity (Wildman–Crippen MR) is 126 cm³/mol. The molecule has 0 radical (unpaired) electrons. The van der Waals surface area contributed by atoms with E-state index in [0.29, 0.717) is 27.4 Å². The minimum absolute atomic E-state index is 0.0433. The minimum atomic E-state index is -0.467. The van der Waals surface area contributed by atoms with Crippen LogP contribution in [0.4, 0.5) is 0 Å². The van der Waals surface area contributed by atoms with Crippen LogP contribution < -0.4 is 10.5 Å². The summed E-state index contributed by atoms with van der Waals surface area (Å²) in [6, 6.07) is 16.2. The molecule has 162 valence electrons. The molecule has 1 saturated carbocycles. The van der Waals surface area contributed by atoms with Crippen LogP contribution in [0.25, 0.3) is 11.3 Å². The van der Waals surface area contributed by atoms with E-state index in [1.54, 1.807) is 12.1 Å². The van der Waals surface area contributed by atoms with E-state index >= 15 is 0 Å². The van der Waals surface area contributed by atoms with Gasteiger partial charge in [-0.15, -0.1) is 5.10 Å². The first-order chi connectivity index (χ1) is 15.6. The first-order valence-corrected chi connectivity index (χ1v) is 11.5. The number of fused-ring (bicyclic) bond motifs is 1. The van der Waals surface area contributed by atoms with E-state index in [9.17, 15) is 5.26 Å². The summed E-state index contributed by atoms with van der Waals surface area (Å²) in [7, 11) is 0. The van der Waals surface area contributed by atoms with Gasteiger partial charge in [0.25, 0.3) is 0 Å². The van der Waals surface area contributed by atoms with Gasteiger partial charge in [-0.3, -0.25) is 5.10 Å². The highest BCUT2D eigenvalue weighted by Gasteiger charge is 2.35. The van der Waals surface area contributed by atoms with Crippen LogP contribution in [0.5, 0.6) is 5.88 Å². The molecule has 0 saturated heterocycles. The average molecular weight is 465 g/mol. The molecule has 1 aromatic heterocycles. The molecule has 0 bridgehead atoms. The molecule has 5 nitrogen and oxygen atoms in total. The van der Waals surface area contributed by atoms with Crippen molar-refractivity contribution >= 4 is 23.2 Å². The Morgan fingerprint density at radius 2 is 1.72 bits per heavy atom. The van der Waals surface area contributed by atoms with Gasteiger partial charge >= 0.3 is 0 Å². The number of rotatable bonds is 3. The van der Waals surface area contributed by atoms with Crippen molar-refractivity contribution in [3.63, 3.8) is 0 Å². The molecule has 1 aliphatic heterocycles. The standard InChI is InChI=1S/C25H22Cl2N4O/c26-19-11-10-17(12-20(19)27)21-18(13-28)24(29)32-25-22(21)23(30-31-25)16-8-6-15(7-9-16)14-4-2-1-3-5-14/h6-12,14,21H,1-5,29H2,(H,30,31)/t21-/m1/s1. The lowest BCUT2D eigenvalue weighted by molar-refractivity contribution is 0.379. The Labute approximate surface area is 196 Å². The summed E-state index contributed by atoms with van der Waals surface area (Å²) in [4.78, 5) is 0. The van der Waals surface area contributed by atoms with Crippen molar-refractivity contribution in [1.82, 2.24) is 10.2 Å². The maximum atomic E-state index is 9.86. The number of aromatic amines is 1. The molecule has 1 aliphatic carbocycles. The third kappa shape index (κ3) is 3.64. The number of ether oxygens (including phenoxy) is 1. The van der Waals surface area contributed by atoms with Gasteiger partial charge in [0.05, 0.1) is 27.2 Å². The van der Waals surface area contributed by atoms with Gasteiger partial charge in [0.1, 0.15) is 11.6 Å². The SMILES string of the molecule is N#CC1=C(N)Oc2n[nH]c(-c3ccc(C4CCCCC4)cc3)c2[C@@H]1c1ccc(Cl)c(Cl)c1. The lowest BCUT2D eigenvalue weighted by atomic mass is 9.82. The molecule has 0 amide bonds. The van der Waals surface area contributed by atoms with Crippen molar-refractivity contribution in [2.45, 2.75) is 43.9 Å². The monoisotopic (exact) mass is 464 g/mol. The number of nitriles is 1. The topological polar surface area (TPSA) is 87.7 Å². The molecular weight excluding hydrogens is 443 g/mol. The molecule has 0 unspecified atom stereocenters. The molecule has 2 aliphatic rings. The Balaban J connectivity index is 1.58. The number of nitrogens with two attached hydrogens (primary N) is 1. The van der Waals surface area contributed by atoms with E-state index in [-0.39, 0.29) is 5.88 Å². The molecule has 0 spiro atoms.